The van der Waals surface area contributed by atoms with Crippen molar-refractivity contribution in [1.29, 1.82) is 0 Å². The van der Waals surface area contributed by atoms with Gasteiger partial charge in [-0.15, -0.1) is 0 Å². The molecule has 0 aromatic carbocycles. The van der Waals surface area contributed by atoms with E-state index < -0.39 is 0 Å². The lowest BCUT2D eigenvalue weighted by Crippen LogP contribution is -2.15. The zero-order chi connectivity index (χ0) is 11.7. The average molecular weight is 230 g/mol. The number of nitrogens with two attached hydrogens (primary N) is 1. The highest BCUT2D eigenvalue weighted by Gasteiger charge is 2.16. The number of hydrogen-bond acceptors (Lipinski definition) is 3. The first-order valence-corrected chi connectivity index (χ1v) is 6.40. The van der Waals surface area contributed by atoms with Crippen molar-refractivity contribution in [3.8, 4) is 0 Å². The third-order valence-corrected chi connectivity index (χ3v) is 3.75. The van der Waals surface area contributed by atoms with Crippen LogP contribution in [0.25, 0.3) is 11.0 Å². The first kappa shape index (κ1) is 10.6. The molecule has 2 heterocycles. The molecular formula is C13H18N4. The maximum absolute atomic E-state index is 5.99. The minimum absolute atomic E-state index is 0.624. The van der Waals surface area contributed by atoms with Crippen LogP contribution in [0.3, 0.4) is 0 Å². The zero-order valence-corrected chi connectivity index (χ0v) is 9.97. The third kappa shape index (κ3) is 1.99. The molecule has 0 saturated heterocycles. The van der Waals surface area contributed by atoms with Crippen LogP contribution in [0.4, 0.5) is 5.95 Å². The average Bonchev–Trinajstić information content (AvgIpc) is 2.68. The molecule has 0 spiro atoms. The summed E-state index contributed by atoms with van der Waals surface area (Å²) < 4.78 is 2.15. The quantitative estimate of drug-likeness (QED) is 0.862. The van der Waals surface area contributed by atoms with Crippen LogP contribution >= 0.6 is 0 Å². The molecule has 1 aliphatic rings. The second kappa shape index (κ2) is 4.35. The molecule has 2 aromatic rings. The molecule has 0 bridgehead atoms. The molecule has 1 saturated carbocycles. The van der Waals surface area contributed by atoms with Gasteiger partial charge in [-0.2, -0.15) is 0 Å². The number of aromatic nitrogens is 3. The van der Waals surface area contributed by atoms with E-state index in [2.05, 4.69) is 14.5 Å². The maximum atomic E-state index is 5.99. The summed E-state index contributed by atoms with van der Waals surface area (Å²) >= 11 is 0. The van der Waals surface area contributed by atoms with Crippen LogP contribution in [0.15, 0.2) is 18.5 Å². The summed E-state index contributed by atoms with van der Waals surface area (Å²) in [4.78, 5) is 8.44. The SMILES string of the molecule is Nc1nc2cnccc2n1CC1CCCCC1. The van der Waals surface area contributed by atoms with Gasteiger partial charge in [-0.25, -0.2) is 4.98 Å². The Morgan fingerprint density at radius 3 is 2.94 bits per heavy atom. The molecule has 0 aliphatic heterocycles. The fraction of sp³-hybridized carbons (Fsp3) is 0.538. The lowest BCUT2D eigenvalue weighted by molar-refractivity contribution is 0.323. The van der Waals surface area contributed by atoms with Crippen molar-refractivity contribution < 1.29 is 0 Å². The highest BCUT2D eigenvalue weighted by atomic mass is 15.2. The molecule has 0 amide bonds. The zero-order valence-electron chi connectivity index (χ0n) is 9.97. The Bertz CT molecular complexity index is 511. The smallest absolute Gasteiger partial charge is 0.201 e. The van der Waals surface area contributed by atoms with E-state index in [-0.39, 0.29) is 0 Å². The first-order chi connectivity index (χ1) is 8.34. The molecule has 0 radical (unpaired) electrons. The highest BCUT2D eigenvalue weighted by Crippen LogP contribution is 2.27. The van der Waals surface area contributed by atoms with Crippen molar-refractivity contribution in [1.82, 2.24) is 14.5 Å². The summed E-state index contributed by atoms with van der Waals surface area (Å²) in [7, 11) is 0. The van der Waals surface area contributed by atoms with Crippen LogP contribution in [0.1, 0.15) is 32.1 Å². The van der Waals surface area contributed by atoms with Gasteiger partial charge in [0, 0.05) is 12.7 Å². The van der Waals surface area contributed by atoms with Gasteiger partial charge >= 0.3 is 0 Å². The summed E-state index contributed by atoms with van der Waals surface area (Å²) in [6.45, 7) is 1.01. The van der Waals surface area contributed by atoms with E-state index in [1.165, 1.54) is 32.1 Å². The third-order valence-electron chi connectivity index (χ3n) is 3.75. The van der Waals surface area contributed by atoms with Crippen LogP contribution in [0.2, 0.25) is 0 Å². The monoisotopic (exact) mass is 230 g/mol. The molecule has 0 atom stereocenters. The molecular weight excluding hydrogens is 212 g/mol. The van der Waals surface area contributed by atoms with Crippen molar-refractivity contribution in [2.24, 2.45) is 5.92 Å². The number of anilines is 1. The van der Waals surface area contributed by atoms with Crippen molar-refractivity contribution >= 4 is 17.0 Å². The van der Waals surface area contributed by atoms with Gasteiger partial charge in [0.25, 0.3) is 0 Å². The number of imidazole rings is 1. The van der Waals surface area contributed by atoms with Crippen LogP contribution in [-0.2, 0) is 6.54 Å². The molecule has 3 rings (SSSR count). The fourth-order valence-corrected chi connectivity index (χ4v) is 2.82. The number of fused-ring (bicyclic) bond motifs is 1. The normalized spacial score (nSPS) is 17.6. The van der Waals surface area contributed by atoms with Gasteiger partial charge in [0.2, 0.25) is 5.95 Å². The molecule has 4 nitrogen and oxygen atoms in total. The Hall–Kier alpha value is -1.58. The van der Waals surface area contributed by atoms with Crippen molar-refractivity contribution in [3.05, 3.63) is 18.5 Å². The maximum Gasteiger partial charge on any atom is 0.201 e. The second-order valence-corrected chi connectivity index (χ2v) is 4.95. The van der Waals surface area contributed by atoms with Gasteiger partial charge in [-0.1, -0.05) is 19.3 Å². The van der Waals surface area contributed by atoms with Crippen LogP contribution in [-0.4, -0.2) is 14.5 Å². The molecule has 1 aliphatic carbocycles. The standard InChI is InChI=1S/C13H18N4/c14-13-16-11-8-15-7-6-12(11)17(13)9-10-4-2-1-3-5-10/h6-8,10H,1-5,9H2,(H2,14,16). The van der Waals surface area contributed by atoms with Gasteiger partial charge in [0.1, 0.15) is 5.52 Å². The Kier molecular flexibility index (Phi) is 2.71. The summed E-state index contributed by atoms with van der Waals surface area (Å²) in [5.74, 6) is 1.38. The largest absolute Gasteiger partial charge is 0.369 e. The van der Waals surface area contributed by atoms with Crippen LogP contribution in [0.5, 0.6) is 0 Å². The van der Waals surface area contributed by atoms with Crippen LogP contribution in [0, 0.1) is 5.92 Å². The Labute approximate surface area is 101 Å². The molecule has 17 heavy (non-hydrogen) atoms. The minimum Gasteiger partial charge on any atom is -0.369 e. The number of rotatable bonds is 2. The van der Waals surface area contributed by atoms with Crippen molar-refractivity contribution in [2.45, 2.75) is 38.6 Å². The first-order valence-electron chi connectivity index (χ1n) is 6.40. The van der Waals surface area contributed by atoms with Gasteiger partial charge in [-0.05, 0) is 24.8 Å². The fourth-order valence-electron chi connectivity index (χ4n) is 2.82. The summed E-state index contributed by atoms with van der Waals surface area (Å²) in [6.07, 6.45) is 10.3. The van der Waals surface area contributed by atoms with Crippen molar-refractivity contribution in [2.75, 3.05) is 5.73 Å². The van der Waals surface area contributed by atoms with Gasteiger partial charge < -0.3 is 10.3 Å². The summed E-state index contributed by atoms with van der Waals surface area (Å²) in [5.41, 5.74) is 8.01. The topological polar surface area (TPSA) is 56.7 Å². The van der Waals surface area contributed by atoms with E-state index in [1.54, 1.807) is 12.4 Å². The highest BCUT2D eigenvalue weighted by molar-refractivity contribution is 5.76. The number of nitrogen functional groups attached to an aromatic ring is 1. The van der Waals surface area contributed by atoms with Crippen LogP contribution < -0.4 is 5.73 Å². The van der Waals surface area contributed by atoms with E-state index in [9.17, 15) is 0 Å². The van der Waals surface area contributed by atoms with Gasteiger partial charge in [-0.3, -0.25) is 4.98 Å². The van der Waals surface area contributed by atoms with Gasteiger partial charge in [0.05, 0.1) is 11.7 Å². The Balaban J connectivity index is 1.90. The molecule has 4 heteroatoms. The van der Waals surface area contributed by atoms with E-state index in [0.717, 1.165) is 23.5 Å². The molecule has 0 unspecified atom stereocenters. The minimum atomic E-state index is 0.624. The lowest BCUT2D eigenvalue weighted by Gasteiger charge is -2.22. The molecule has 2 aromatic heterocycles. The van der Waals surface area contributed by atoms with E-state index >= 15 is 0 Å². The molecule has 2 N–H and O–H groups in total. The number of pyridine rings is 1. The number of hydrogen-bond donors (Lipinski definition) is 1. The van der Waals surface area contributed by atoms with E-state index in [0.29, 0.717) is 5.95 Å². The second-order valence-electron chi connectivity index (χ2n) is 4.95. The van der Waals surface area contributed by atoms with Crippen molar-refractivity contribution in [3.63, 3.8) is 0 Å². The molecule has 1 fully saturated rings. The molecule has 90 valence electrons. The number of nitrogens with zero attached hydrogens (tertiary/aromatic N) is 3. The Morgan fingerprint density at radius 2 is 2.12 bits per heavy atom. The van der Waals surface area contributed by atoms with Gasteiger partial charge in [0.15, 0.2) is 0 Å². The van der Waals surface area contributed by atoms with E-state index in [4.69, 9.17) is 5.73 Å². The lowest BCUT2D eigenvalue weighted by atomic mass is 9.89. The predicted molar refractivity (Wildman–Crippen MR) is 68.5 cm³/mol. The Morgan fingerprint density at radius 1 is 1.29 bits per heavy atom. The summed E-state index contributed by atoms with van der Waals surface area (Å²) in [5, 5.41) is 0. The van der Waals surface area contributed by atoms with E-state index in [1.807, 2.05) is 6.07 Å². The predicted octanol–water partition coefficient (Wildman–Crippen LogP) is 2.59. The summed E-state index contributed by atoms with van der Waals surface area (Å²) in [6, 6.07) is 2.00.